The van der Waals surface area contributed by atoms with Crippen LogP contribution in [0.4, 0.5) is 11.4 Å². The van der Waals surface area contributed by atoms with Crippen molar-refractivity contribution in [3.63, 3.8) is 0 Å². The zero-order valence-electron chi connectivity index (χ0n) is 15.5. The Morgan fingerprint density at radius 2 is 1.38 bits per heavy atom. The van der Waals surface area contributed by atoms with Crippen molar-refractivity contribution >= 4 is 56.2 Å². The summed E-state index contributed by atoms with van der Waals surface area (Å²) >= 11 is 2.37. The molecule has 3 heteroatoms. The van der Waals surface area contributed by atoms with E-state index in [9.17, 15) is 0 Å². The van der Waals surface area contributed by atoms with Gasteiger partial charge in [0.25, 0.3) is 0 Å². The van der Waals surface area contributed by atoms with Crippen LogP contribution in [0.25, 0.3) is 21.9 Å². The highest BCUT2D eigenvalue weighted by atomic mass is 127. The maximum Gasteiger partial charge on any atom is 0.159 e. The van der Waals surface area contributed by atoms with Crippen LogP contribution in [0.15, 0.2) is 65.1 Å². The zero-order chi connectivity index (χ0) is 18.5. The third kappa shape index (κ3) is 2.78. The average molecular weight is 455 g/mol. The molecule has 0 amide bonds. The van der Waals surface area contributed by atoms with E-state index in [4.69, 9.17) is 4.42 Å². The molecular formula is C23H22INO. The summed E-state index contributed by atoms with van der Waals surface area (Å²) in [6.07, 6.45) is 0. The molecule has 0 aliphatic heterocycles. The number of hydrogen-bond donors (Lipinski definition) is 0. The van der Waals surface area contributed by atoms with Gasteiger partial charge in [-0.25, -0.2) is 0 Å². The molecule has 0 aliphatic carbocycles. The molecule has 0 saturated carbocycles. The van der Waals surface area contributed by atoms with Crippen molar-refractivity contribution < 1.29 is 4.42 Å². The Kier molecular flexibility index (Phi) is 4.22. The van der Waals surface area contributed by atoms with Gasteiger partial charge >= 0.3 is 0 Å². The van der Waals surface area contributed by atoms with Crippen molar-refractivity contribution in [1.29, 1.82) is 0 Å². The second-order valence-corrected chi connectivity index (χ2v) is 8.72. The quantitative estimate of drug-likeness (QED) is 0.228. The minimum absolute atomic E-state index is 0.0353. The third-order valence-electron chi connectivity index (χ3n) is 4.85. The van der Waals surface area contributed by atoms with Crippen molar-refractivity contribution in [3.05, 3.63) is 71.8 Å². The van der Waals surface area contributed by atoms with E-state index in [1.54, 1.807) is 0 Å². The predicted octanol–water partition coefficient (Wildman–Crippen LogP) is 7.68. The molecule has 0 unspecified atom stereocenters. The Balaban J connectivity index is 1.99. The van der Waals surface area contributed by atoms with Crippen molar-refractivity contribution in [2.24, 2.45) is 0 Å². The van der Waals surface area contributed by atoms with Crippen LogP contribution in [0.3, 0.4) is 0 Å². The van der Waals surface area contributed by atoms with Crippen LogP contribution in [0.5, 0.6) is 0 Å². The Hall–Kier alpha value is -2.01. The lowest BCUT2D eigenvalue weighted by atomic mass is 9.86. The molecule has 4 aromatic rings. The number of nitrogens with zero attached hydrogens (tertiary/aromatic N) is 1. The largest absolute Gasteiger partial charge is 0.454 e. The number of furan rings is 1. The molecule has 0 N–H and O–H groups in total. The number of hydrogen-bond acceptors (Lipinski definition) is 2. The molecule has 26 heavy (non-hydrogen) atoms. The molecule has 2 nitrogen and oxygen atoms in total. The normalized spacial score (nSPS) is 12.0. The lowest BCUT2D eigenvalue weighted by Gasteiger charge is -2.19. The summed E-state index contributed by atoms with van der Waals surface area (Å²) in [4.78, 5) is 0. The first-order valence-electron chi connectivity index (χ1n) is 8.84. The lowest BCUT2D eigenvalue weighted by molar-refractivity contribution is 0.573. The Labute approximate surface area is 168 Å². The SMILES string of the molecule is Cc1ccccc1N(I)c1cccc2c1oc1c(C(C)(C)C)cccc12. The maximum atomic E-state index is 6.48. The molecular weight excluding hydrogens is 433 g/mol. The second kappa shape index (κ2) is 6.31. The molecule has 0 saturated heterocycles. The summed E-state index contributed by atoms with van der Waals surface area (Å²) in [5.41, 5.74) is 6.71. The lowest BCUT2D eigenvalue weighted by Crippen LogP contribution is -2.10. The Morgan fingerprint density at radius 1 is 0.769 bits per heavy atom. The van der Waals surface area contributed by atoms with Crippen LogP contribution in [-0.4, -0.2) is 0 Å². The number of fused-ring (bicyclic) bond motifs is 3. The number of aryl methyl sites for hydroxylation is 1. The number of anilines is 2. The van der Waals surface area contributed by atoms with Gasteiger partial charge in [0.15, 0.2) is 5.58 Å². The van der Waals surface area contributed by atoms with Crippen LogP contribution >= 0.6 is 22.9 Å². The Bertz CT molecular complexity index is 1100. The minimum Gasteiger partial charge on any atom is -0.454 e. The van der Waals surface area contributed by atoms with E-state index in [2.05, 4.69) is 114 Å². The van der Waals surface area contributed by atoms with Gasteiger partial charge in [-0.1, -0.05) is 69.3 Å². The van der Waals surface area contributed by atoms with Gasteiger partial charge in [-0.15, -0.1) is 0 Å². The second-order valence-electron chi connectivity index (χ2n) is 7.76. The van der Waals surface area contributed by atoms with Crippen molar-refractivity contribution in [1.82, 2.24) is 0 Å². The van der Waals surface area contributed by atoms with Crippen LogP contribution in [0.2, 0.25) is 0 Å². The fourth-order valence-corrected chi connectivity index (χ4v) is 4.39. The van der Waals surface area contributed by atoms with Crippen LogP contribution in [0.1, 0.15) is 31.9 Å². The molecule has 1 aromatic heterocycles. The Morgan fingerprint density at radius 3 is 2.08 bits per heavy atom. The van der Waals surface area contributed by atoms with E-state index in [0.717, 1.165) is 16.9 Å². The van der Waals surface area contributed by atoms with E-state index in [1.165, 1.54) is 27.6 Å². The molecule has 0 radical (unpaired) electrons. The van der Waals surface area contributed by atoms with Crippen molar-refractivity contribution in [2.75, 3.05) is 3.11 Å². The van der Waals surface area contributed by atoms with Gasteiger partial charge in [-0.3, -0.25) is 3.11 Å². The van der Waals surface area contributed by atoms with Gasteiger partial charge in [0.1, 0.15) is 5.58 Å². The first-order chi connectivity index (χ1) is 12.4. The van der Waals surface area contributed by atoms with Gasteiger partial charge in [-0.05, 0) is 30.0 Å². The smallest absolute Gasteiger partial charge is 0.159 e. The summed E-state index contributed by atoms with van der Waals surface area (Å²) < 4.78 is 8.67. The molecule has 1 heterocycles. The number of benzene rings is 3. The van der Waals surface area contributed by atoms with Crippen molar-refractivity contribution in [2.45, 2.75) is 33.1 Å². The van der Waals surface area contributed by atoms with Crippen LogP contribution < -0.4 is 3.11 Å². The van der Waals surface area contributed by atoms with Gasteiger partial charge in [0, 0.05) is 16.3 Å². The highest BCUT2D eigenvalue weighted by Gasteiger charge is 2.22. The summed E-state index contributed by atoms with van der Waals surface area (Å²) in [5, 5.41) is 2.35. The van der Waals surface area contributed by atoms with Gasteiger partial charge < -0.3 is 4.42 Å². The molecule has 0 spiro atoms. The molecule has 132 valence electrons. The highest BCUT2D eigenvalue weighted by molar-refractivity contribution is 14.1. The molecule has 4 rings (SSSR count). The summed E-state index contributed by atoms with van der Waals surface area (Å²) in [6.45, 7) is 8.83. The monoisotopic (exact) mass is 455 g/mol. The predicted molar refractivity (Wildman–Crippen MR) is 120 cm³/mol. The van der Waals surface area contributed by atoms with E-state index >= 15 is 0 Å². The molecule has 0 aliphatic rings. The zero-order valence-corrected chi connectivity index (χ0v) is 17.7. The van der Waals surface area contributed by atoms with E-state index in [1.807, 2.05) is 0 Å². The van der Waals surface area contributed by atoms with Gasteiger partial charge in [-0.2, -0.15) is 0 Å². The number of halogens is 1. The van der Waals surface area contributed by atoms with Crippen molar-refractivity contribution in [3.8, 4) is 0 Å². The van der Waals surface area contributed by atoms with E-state index in [0.29, 0.717) is 0 Å². The topological polar surface area (TPSA) is 16.4 Å². The molecule has 0 bridgehead atoms. The fourth-order valence-electron chi connectivity index (χ4n) is 3.46. The standard InChI is InChI=1S/C23H22INO/c1-15-9-5-6-13-19(15)25(24)20-14-8-11-17-16-10-7-12-18(23(2,3)4)21(16)26-22(17)20/h5-14H,1-4H3. The third-order valence-corrected chi connectivity index (χ3v) is 5.89. The summed E-state index contributed by atoms with van der Waals surface area (Å²) in [5.74, 6) is 0. The summed E-state index contributed by atoms with van der Waals surface area (Å²) in [7, 11) is 0. The minimum atomic E-state index is 0.0353. The first-order valence-corrected chi connectivity index (χ1v) is 9.80. The highest BCUT2D eigenvalue weighted by Crippen LogP contribution is 2.42. The summed E-state index contributed by atoms with van der Waals surface area (Å²) in [6, 6.07) is 21.3. The van der Waals surface area contributed by atoms with E-state index in [-0.39, 0.29) is 5.41 Å². The van der Waals surface area contributed by atoms with Gasteiger partial charge in [0.2, 0.25) is 0 Å². The molecule has 0 fully saturated rings. The molecule has 0 atom stereocenters. The first kappa shape index (κ1) is 17.4. The molecule has 3 aromatic carbocycles. The average Bonchev–Trinajstić information content (AvgIpc) is 2.99. The number of para-hydroxylation sites is 3. The van der Waals surface area contributed by atoms with Crippen LogP contribution in [0, 0.1) is 6.92 Å². The number of rotatable bonds is 2. The van der Waals surface area contributed by atoms with Crippen LogP contribution in [-0.2, 0) is 5.41 Å². The van der Waals surface area contributed by atoms with Gasteiger partial charge in [0.05, 0.1) is 34.2 Å². The van der Waals surface area contributed by atoms with E-state index < -0.39 is 0 Å². The maximum absolute atomic E-state index is 6.48. The fraction of sp³-hybridized carbons (Fsp3) is 0.217.